The highest BCUT2D eigenvalue weighted by Gasteiger charge is 2.08. The van der Waals surface area contributed by atoms with Gasteiger partial charge in [0.1, 0.15) is 5.78 Å². The van der Waals surface area contributed by atoms with Gasteiger partial charge in [-0.2, -0.15) is 0 Å². The molecule has 0 aliphatic rings. The number of H-pyrrole nitrogens is 1. The van der Waals surface area contributed by atoms with Gasteiger partial charge in [0.25, 0.3) is 0 Å². The van der Waals surface area contributed by atoms with Crippen molar-refractivity contribution in [3.8, 4) is 5.69 Å². The van der Waals surface area contributed by atoms with Crippen LogP contribution in [0.4, 0.5) is 16.2 Å². The fraction of sp³-hybridized carbons (Fsp3) is 0.333. The standard InChI is InChI=1S/C24H30N4O2/c1-4-5-6-21-16-28(27-21)22-13-11-20(12-14-22)25-24(30)26-23-15-19(9-7-17(23)2)10-8-18(3)29/h7,9,11-16,27H,4-6,8,10H2,1-3H3,(H2,25,26,30). The monoisotopic (exact) mass is 406 g/mol. The average Bonchev–Trinajstić information content (AvgIpc) is 2.68. The lowest BCUT2D eigenvalue weighted by Gasteiger charge is -2.16. The second kappa shape index (κ2) is 9.96. The van der Waals surface area contributed by atoms with Crippen molar-refractivity contribution in [2.45, 2.75) is 52.9 Å². The summed E-state index contributed by atoms with van der Waals surface area (Å²) in [6.07, 6.45) is 6.72. The summed E-state index contributed by atoms with van der Waals surface area (Å²) in [5.41, 5.74) is 5.75. The van der Waals surface area contributed by atoms with E-state index in [1.165, 1.54) is 18.5 Å². The van der Waals surface area contributed by atoms with E-state index in [4.69, 9.17) is 0 Å². The SMILES string of the molecule is CCCCc1cn(-c2ccc(NC(=O)Nc3cc(CCC(C)=O)ccc3C)cc2)[nH]1. The van der Waals surface area contributed by atoms with Crippen molar-refractivity contribution in [3.63, 3.8) is 0 Å². The number of urea groups is 1. The summed E-state index contributed by atoms with van der Waals surface area (Å²) in [5.74, 6) is 0.160. The molecule has 3 rings (SSSR count). The Kier molecular flexibility index (Phi) is 7.12. The molecule has 158 valence electrons. The Balaban J connectivity index is 1.57. The summed E-state index contributed by atoms with van der Waals surface area (Å²) in [4.78, 5) is 23.6. The number of unbranched alkanes of at least 4 members (excludes halogenated alkanes) is 1. The molecule has 3 aromatic rings. The number of nitrogens with one attached hydrogen (secondary N) is 3. The third-order valence-electron chi connectivity index (χ3n) is 5.07. The number of aromatic amines is 1. The Hall–Kier alpha value is -3.28. The second-order valence-corrected chi connectivity index (χ2v) is 7.72. The van der Waals surface area contributed by atoms with Crippen molar-refractivity contribution in [3.05, 3.63) is 65.5 Å². The molecule has 2 aromatic carbocycles. The topological polar surface area (TPSA) is 78.9 Å². The van der Waals surface area contributed by atoms with Crippen molar-refractivity contribution in [2.75, 3.05) is 10.6 Å². The fourth-order valence-electron chi connectivity index (χ4n) is 3.20. The molecule has 0 bridgehead atoms. The van der Waals surface area contributed by atoms with Crippen LogP contribution in [0, 0.1) is 6.92 Å². The minimum absolute atomic E-state index is 0.160. The third-order valence-corrected chi connectivity index (χ3v) is 5.07. The Morgan fingerprint density at radius 3 is 2.43 bits per heavy atom. The van der Waals surface area contributed by atoms with Crippen molar-refractivity contribution in [1.29, 1.82) is 0 Å². The van der Waals surface area contributed by atoms with Crippen LogP contribution in [0.1, 0.15) is 49.9 Å². The number of amides is 2. The molecule has 0 atom stereocenters. The van der Waals surface area contributed by atoms with Gasteiger partial charge in [0, 0.05) is 24.0 Å². The van der Waals surface area contributed by atoms with Crippen LogP contribution in [-0.2, 0) is 17.6 Å². The average molecular weight is 407 g/mol. The maximum absolute atomic E-state index is 12.4. The van der Waals surface area contributed by atoms with Crippen molar-refractivity contribution in [1.82, 2.24) is 9.78 Å². The molecule has 6 heteroatoms. The minimum atomic E-state index is -0.293. The van der Waals surface area contributed by atoms with E-state index in [9.17, 15) is 9.59 Å². The predicted molar refractivity (Wildman–Crippen MR) is 122 cm³/mol. The van der Waals surface area contributed by atoms with Crippen LogP contribution >= 0.6 is 0 Å². The zero-order chi connectivity index (χ0) is 21.5. The van der Waals surface area contributed by atoms with Crippen LogP contribution in [-0.4, -0.2) is 21.6 Å². The number of anilines is 2. The van der Waals surface area contributed by atoms with Crippen LogP contribution in [0.3, 0.4) is 0 Å². The number of carbonyl (C=O) groups excluding carboxylic acids is 2. The van der Waals surface area contributed by atoms with E-state index in [2.05, 4.69) is 28.9 Å². The lowest BCUT2D eigenvalue weighted by molar-refractivity contribution is -0.116. The quantitative estimate of drug-likeness (QED) is 0.431. The van der Waals surface area contributed by atoms with E-state index in [1.54, 1.807) is 6.92 Å². The number of Topliss-reactive ketones (excluding diaryl/α,β-unsaturated/α-hetero) is 1. The van der Waals surface area contributed by atoms with Crippen molar-refractivity contribution in [2.24, 2.45) is 0 Å². The Morgan fingerprint density at radius 1 is 1.03 bits per heavy atom. The fourth-order valence-corrected chi connectivity index (χ4v) is 3.20. The summed E-state index contributed by atoms with van der Waals surface area (Å²) >= 11 is 0. The molecule has 0 saturated heterocycles. The molecule has 0 saturated carbocycles. The summed E-state index contributed by atoms with van der Waals surface area (Å²) in [6.45, 7) is 5.72. The van der Waals surface area contributed by atoms with Gasteiger partial charge in [0.05, 0.1) is 11.4 Å². The normalized spacial score (nSPS) is 10.8. The molecule has 30 heavy (non-hydrogen) atoms. The van der Waals surface area contributed by atoms with Crippen molar-refractivity contribution >= 4 is 23.2 Å². The molecular formula is C24H30N4O2. The molecule has 0 fully saturated rings. The van der Waals surface area contributed by atoms with Gasteiger partial charge >= 0.3 is 6.03 Å². The summed E-state index contributed by atoms with van der Waals surface area (Å²) in [6, 6.07) is 13.3. The first-order chi connectivity index (χ1) is 14.4. The first-order valence-electron chi connectivity index (χ1n) is 10.5. The van der Waals surface area contributed by atoms with Gasteiger partial charge in [0.2, 0.25) is 0 Å². The van der Waals surface area contributed by atoms with Crippen LogP contribution in [0.2, 0.25) is 0 Å². The van der Waals surface area contributed by atoms with Crippen LogP contribution in [0.15, 0.2) is 48.7 Å². The molecule has 3 N–H and O–H groups in total. The number of benzene rings is 2. The number of ketones is 1. The third kappa shape index (κ3) is 5.86. The largest absolute Gasteiger partial charge is 0.323 e. The zero-order valence-electron chi connectivity index (χ0n) is 17.9. The van der Waals surface area contributed by atoms with Crippen LogP contribution in [0.5, 0.6) is 0 Å². The molecule has 0 radical (unpaired) electrons. The Labute approximate surface area is 177 Å². The Morgan fingerprint density at radius 2 is 1.77 bits per heavy atom. The number of hydrogen-bond acceptors (Lipinski definition) is 2. The number of rotatable bonds is 9. The van der Waals surface area contributed by atoms with E-state index in [1.807, 2.05) is 54.1 Å². The molecule has 2 amide bonds. The minimum Gasteiger partial charge on any atom is -0.308 e. The molecular weight excluding hydrogens is 376 g/mol. The number of aromatic nitrogens is 2. The smallest absolute Gasteiger partial charge is 0.308 e. The first kappa shape index (κ1) is 21.4. The van der Waals surface area contributed by atoms with Gasteiger partial charge in [-0.3, -0.25) is 9.78 Å². The van der Waals surface area contributed by atoms with E-state index in [0.29, 0.717) is 12.8 Å². The van der Waals surface area contributed by atoms with E-state index in [-0.39, 0.29) is 11.8 Å². The zero-order valence-corrected chi connectivity index (χ0v) is 17.9. The maximum atomic E-state index is 12.4. The lowest BCUT2D eigenvalue weighted by Crippen LogP contribution is -2.20. The highest BCUT2D eigenvalue weighted by Crippen LogP contribution is 2.19. The summed E-state index contributed by atoms with van der Waals surface area (Å²) < 4.78 is 1.98. The number of carbonyl (C=O) groups is 2. The van der Waals surface area contributed by atoms with Gasteiger partial charge in [-0.05, 0) is 74.6 Å². The van der Waals surface area contributed by atoms with Crippen LogP contribution < -0.4 is 10.6 Å². The second-order valence-electron chi connectivity index (χ2n) is 7.72. The molecule has 0 unspecified atom stereocenters. The van der Waals surface area contributed by atoms with Crippen LogP contribution in [0.25, 0.3) is 5.69 Å². The summed E-state index contributed by atoms with van der Waals surface area (Å²) in [7, 11) is 0. The Bertz CT molecular complexity index is 987. The number of nitrogens with zero attached hydrogens (tertiary/aromatic N) is 1. The molecule has 0 spiro atoms. The summed E-state index contributed by atoms with van der Waals surface area (Å²) in [5, 5.41) is 9.10. The molecule has 6 nitrogen and oxygen atoms in total. The lowest BCUT2D eigenvalue weighted by atomic mass is 10.0. The van der Waals surface area contributed by atoms with Gasteiger partial charge < -0.3 is 15.4 Å². The van der Waals surface area contributed by atoms with Gasteiger partial charge in [-0.15, -0.1) is 0 Å². The number of aryl methyl sites for hydroxylation is 3. The maximum Gasteiger partial charge on any atom is 0.323 e. The van der Waals surface area contributed by atoms with Gasteiger partial charge in [-0.25, -0.2) is 4.79 Å². The van der Waals surface area contributed by atoms with E-state index in [0.717, 1.165) is 34.6 Å². The van der Waals surface area contributed by atoms with E-state index < -0.39 is 0 Å². The van der Waals surface area contributed by atoms with Crippen molar-refractivity contribution < 1.29 is 9.59 Å². The number of hydrogen-bond donors (Lipinski definition) is 3. The first-order valence-corrected chi connectivity index (χ1v) is 10.5. The van der Waals surface area contributed by atoms with Gasteiger partial charge in [-0.1, -0.05) is 25.5 Å². The predicted octanol–water partition coefficient (Wildman–Crippen LogP) is 5.62. The molecule has 1 heterocycles. The van der Waals surface area contributed by atoms with E-state index >= 15 is 0 Å². The molecule has 0 aliphatic heterocycles. The molecule has 0 aliphatic carbocycles. The van der Waals surface area contributed by atoms with Gasteiger partial charge in [0.15, 0.2) is 0 Å². The highest BCUT2D eigenvalue weighted by molar-refractivity contribution is 6.00. The highest BCUT2D eigenvalue weighted by atomic mass is 16.2. The molecule has 1 aromatic heterocycles.